The van der Waals surface area contributed by atoms with Crippen molar-refractivity contribution in [3.63, 3.8) is 0 Å². The fourth-order valence-corrected chi connectivity index (χ4v) is 2.44. The minimum absolute atomic E-state index is 0.271. The number of hydrogen-bond acceptors (Lipinski definition) is 3. The van der Waals surface area contributed by atoms with Crippen LogP contribution in [-0.4, -0.2) is 12.1 Å². The van der Waals surface area contributed by atoms with Gasteiger partial charge in [0.2, 0.25) is 0 Å². The average molecular weight is 296 g/mol. The molecular formula is C18H17FN2O. The van der Waals surface area contributed by atoms with Gasteiger partial charge >= 0.3 is 0 Å². The molecule has 1 N–H and O–H groups in total. The summed E-state index contributed by atoms with van der Waals surface area (Å²) in [6.45, 7) is 3.96. The van der Waals surface area contributed by atoms with Crippen molar-refractivity contribution >= 4 is 22.4 Å². The third-order valence-corrected chi connectivity index (χ3v) is 3.69. The van der Waals surface area contributed by atoms with Crippen LogP contribution in [0.1, 0.15) is 11.1 Å². The van der Waals surface area contributed by atoms with Gasteiger partial charge in [0.1, 0.15) is 17.4 Å². The number of fused-ring (bicyclic) bond motifs is 1. The lowest BCUT2D eigenvalue weighted by Gasteiger charge is -2.12. The topological polar surface area (TPSA) is 34.1 Å². The maximum atomic E-state index is 13.4. The quantitative estimate of drug-likeness (QED) is 0.758. The van der Waals surface area contributed by atoms with Crippen LogP contribution in [0.15, 0.2) is 42.5 Å². The second-order valence-corrected chi connectivity index (χ2v) is 5.29. The molecule has 0 saturated heterocycles. The van der Waals surface area contributed by atoms with E-state index in [1.807, 2.05) is 38.1 Å². The van der Waals surface area contributed by atoms with Crippen LogP contribution in [0.25, 0.3) is 10.9 Å². The Kier molecular flexibility index (Phi) is 3.67. The predicted octanol–water partition coefficient (Wildman–Crippen LogP) is 4.74. The summed E-state index contributed by atoms with van der Waals surface area (Å²) < 4.78 is 18.6. The number of aromatic nitrogens is 1. The zero-order valence-corrected chi connectivity index (χ0v) is 12.8. The highest BCUT2D eigenvalue weighted by Gasteiger charge is 2.06. The summed E-state index contributed by atoms with van der Waals surface area (Å²) in [5.41, 5.74) is 3.63. The third-order valence-electron chi connectivity index (χ3n) is 3.69. The van der Waals surface area contributed by atoms with E-state index in [-0.39, 0.29) is 5.82 Å². The molecule has 0 unspecified atom stereocenters. The van der Waals surface area contributed by atoms with Gasteiger partial charge in [-0.2, -0.15) is 0 Å². The Morgan fingerprint density at radius 2 is 1.82 bits per heavy atom. The molecule has 3 rings (SSSR count). The Morgan fingerprint density at radius 3 is 2.59 bits per heavy atom. The highest BCUT2D eigenvalue weighted by atomic mass is 19.1. The molecule has 3 aromatic rings. The molecule has 0 fully saturated rings. The lowest BCUT2D eigenvalue weighted by Crippen LogP contribution is -1.98. The summed E-state index contributed by atoms with van der Waals surface area (Å²) in [4.78, 5) is 4.60. The smallest absolute Gasteiger partial charge is 0.131 e. The molecule has 0 spiro atoms. The van der Waals surface area contributed by atoms with E-state index in [2.05, 4.69) is 10.3 Å². The van der Waals surface area contributed by atoms with Gasteiger partial charge in [-0.05, 0) is 55.3 Å². The van der Waals surface area contributed by atoms with E-state index in [0.717, 1.165) is 27.8 Å². The van der Waals surface area contributed by atoms with Crippen molar-refractivity contribution < 1.29 is 9.13 Å². The molecule has 0 radical (unpaired) electrons. The molecule has 112 valence electrons. The van der Waals surface area contributed by atoms with Crippen molar-refractivity contribution in [2.24, 2.45) is 0 Å². The van der Waals surface area contributed by atoms with E-state index in [9.17, 15) is 4.39 Å². The first-order valence-corrected chi connectivity index (χ1v) is 7.05. The Bertz CT molecular complexity index is 846. The van der Waals surface area contributed by atoms with Crippen LogP contribution in [-0.2, 0) is 0 Å². The molecule has 0 bridgehead atoms. The average Bonchev–Trinajstić information content (AvgIpc) is 2.50. The van der Waals surface area contributed by atoms with E-state index in [4.69, 9.17) is 4.74 Å². The minimum Gasteiger partial charge on any atom is -0.497 e. The van der Waals surface area contributed by atoms with Crippen molar-refractivity contribution in [3.8, 4) is 5.75 Å². The molecule has 4 heteroatoms. The number of nitrogens with one attached hydrogen (secondary N) is 1. The van der Waals surface area contributed by atoms with Crippen molar-refractivity contribution in [2.45, 2.75) is 13.8 Å². The number of rotatable bonds is 3. The van der Waals surface area contributed by atoms with E-state index in [0.29, 0.717) is 11.5 Å². The number of nitrogens with zero attached hydrogens (tertiary/aromatic N) is 1. The molecule has 3 nitrogen and oxygen atoms in total. The molecule has 0 aliphatic heterocycles. The molecule has 22 heavy (non-hydrogen) atoms. The van der Waals surface area contributed by atoms with Gasteiger partial charge in [0.05, 0.1) is 12.6 Å². The number of aryl methyl sites for hydroxylation is 2. The maximum Gasteiger partial charge on any atom is 0.131 e. The highest BCUT2D eigenvalue weighted by molar-refractivity contribution is 5.85. The molecule has 2 aromatic carbocycles. The zero-order valence-electron chi connectivity index (χ0n) is 12.8. The number of anilines is 2. The van der Waals surface area contributed by atoms with Crippen molar-refractivity contribution in [1.82, 2.24) is 4.98 Å². The molecule has 0 aliphatic carbocycles. The molecule has 0 amide bonds. The van der Waals surface area contributed by atoms with Gasteiger partial charge < -0.3 is 10.1 Å². The van der Waals surface area contributed by atoms with Gasteiger partial charge in [0.15, 0.2) is 0 Å². The third kappa shape index (κ3) is 2.72. The summed E-state index contributed by atoms with van der Waals surface area (Å²) in [5, 5.41) is 4.26. The van der Waals surface area contributed by atoms with Gasteiger partial charge in [-0.1, -0.05) is 6.07 Å². The van der Waals surface area contributed by atoms with Crippen molar-refractivity contribution in [2.75, 3.05) is 12.4 Å². The summed E-state index contributed by atoms with van der Waals surface area (Å²) in [5.74, 6) is 1.18. The SMILES string of the molecule is COc1ccc2c(C)cc(Nc3cc(F)ccc3C)nc2c1. The Labute approximate surface area is 128 Å². The number of hydrogen-bond donors (Lipinski definition) is 1. The van der Waals surface area contributed by atoms with Gasteiger partial charge in [-0.25, -0.2) is 9.37 Å². The second kappa shape index (κ2) is 5.64. The summed E-state index contributed by atoms with van der Waals surface area (Å²) >= 11 is 0. The molecular weight excluding hydrogens is 279 g/mol. The second-order valence-electron chi connectivity index (χ2n) is 5.29. The van der Waals surface area contributed by atoms with Crippen LogP contribution in [0.5, 0.6) is 5.75 Å². The zero-order chi connectivity index (χ0) is 15.7. The number of pyridine rings is 1. The molecule has 0 aliphatic rings. The van der Waals surface area contributed by atoms with Crippen LogP contribution in [0.3, 0.4) is 0 Å². The fourth-order valence-electron chi connectivity index (χ4n) is 2.44. The van der Waals surface area contributed by atoms with Gasteiger partial charge in [-0.15, -0.1) is 0 Å². The van der Waals surface area contributed by atoms with Crippen LogP contribution in [0, 0.1) is 19.7 Å². The van der Waals surface area contributed by atoms with Gasteiger partial charge in [-0.3, -0.25) is 0 Å². The largest absolute Gasteiger partial charge is 0.497 e. The van der Waals surface area contributed by atoms with Gasteiger partial charge in [0.25, 0.3) is 0 Å². The Morgan fingerprint density at radius 1 is 1.00 bits per heavy atom. The first-order valence-electron chi connectivity index (χ1n) is 7.05. The summed E-state index contributed by atoms with van der Waals surface area (Å²) in [6.07, 6.45) is 0. The number of benzene rings is 2. The lowest BCUT2D eigenvalue weighted by molar-refractivity contribution is 0.415. The van der Waals surface area contributed by atoms with Crippen molar-refractivity contribution in [1.29, 1.82) is 0 Å². The van der Waals surface area contributed by atoms with Crippen LogP contribution in [0.2, 0.25) is 0 Å². The summed E-state index contributed by atoms with van der Waals surface area (Å²) in [6, 6.07) is 12.4. The maximum absolute atomic E-state index is 13.4. The standard InChI is InChI=1S/C18H17FN2O/c1-11-4-5-13(19)9-16(11)20-18-8-12(2)15-7-6-14(22-3)10-17(15)21-18/h4-10H,1-3H3,(H,20,21). The first-order chi connectivity index (χ1) is 10.6. The van der Waals surface area contributed by atoms with E-state index < -0.39 is 0 Å². The number of methoxy groups -OCH3 is 1. The number of halogens is 1. The number of ether oxygens (including phenoxy) is 1. The molecule has 1 heterocycles. The fraction of sp³-hybridized carbons (Fsp3) is 0.167. The highest BCUT2D eigenvalue weighted by Crippen LogP contribution is 2.27. The van der Waals surface area contributed by atoms with Crippen LogP contribution < -0.4 is 10.1 Å². The van der Waals surface area contributed by atoms with Crippen LogP contribution in [0.4, 0.5) is 15.9 Å². The summed E-state index contributed by atoms with van der Waals surface area (Å²) in [7, 11) is 1.63. The first kappa shape index (κ1) is 14.3. The monoisotopic (exact) mass is 296 g/mol. The van der Waals surface area contributed by atoms with E-state index >= 15 is 0 Å². The van der Waals surface area contributed by atoms with Crippen molar-refractivity contribution in [3.05, 3.63) is 59.4 Å². The van der Waals surface area contributed by atoms with Gasteiger partial charge in [0, 0.05) is 17.1 Å². The normalized spacial score (nSPS) is 10.7. The Balaban J connectivity index is 2.05. The van der Waals surface area contributed by atoms with E-state index in [1.54, 1.807) is 13.2 Å². The minimum atomic E-state index is -0.271. The van der Waals surface area contributed by atoms with Crippen LogP contribution >= 0.6 is 0 Å². The molecule has 0 saturated carbocycles. The molecule has 1 aromatic heterocycles. The lowest BCUT2D eigenvalue weighted by atomic mass is 10.1. The molecule has 0 atom stereocenters. The Hall–Kier alpha value is -2.62. The predicted molar refractivity (Wildman–Crippen MR) is 87.5 cm³/mol. The van der Waals surface area contributed by atoms with E-state index in [1.165, 1.54) is 12.1 Å².